The number of rotatable bonds is 7. The van der Waals surface area contributed by atoms with E-state index >= 15 is 0 Å². The molecule has 0 saturated heterocycles. The highest BCUT2D eigenvalue weighted by molar-refractivity contribution is 8.16. The number of carboxylic acid groups (broad SMARTS) is 1. The second-order valence-corrected chi connectivity index (χ2v) is 4.83. The maximum Gasteiger partial charge on any atom is 0.337 e. The molecule has 0 fully saturated rings. The van der Waals surface area contributed by atoms with Crippen molar-refractivity contribution in [3.05, 3.63) is 16.9 Å². The van der Waals surface area contributed by atoms with Gasteiger partial charge in [-0.2, -0.15) is 5.48 Å². The fraction of sp³-hybridized carbons (Fsp3) is 0.500. The molecular weight excluding hydrogens is 258 g/mol. The van der Waals surface area contributed by atoms with E-state index in [1.807, 2.05) is 0 Å². The summed E-state index contributed by atoms with van der Waals surface area (Å²) in [7, 11) is 0. The van der Waals surface area contributed by atoms with Gasteiger partial charge in [0.15, 0.2) is 11.4 Å². The summed E-state index contributed by atoms with van der Waals surface area (Å²) in [5.41, 5.74) is 5.90. The molecule has 102 valence electrons. The number of nitrogens with two attached hydrogens (primary N) is 1. The number of carbonyl (C=O) groups excluding carboxylic acids is 1. The van der Waals surface area contributed by atoms with Gasteiger partial charge in [0.2, 0.25) is 0 Å². The van der Waals surface area contributed by atoms with Gasteiger partial charge in [-0.05, 0) is 31.3 Å². The van der Waals surface area contributed by atoms with Gasteiger partial charge in [0.25, 0.3) is 0 Å². The van der Waals surface area contributed by atoms with Crippen molar-refractivity contribution in [2.75, 3.05) is 0 Å². The van der Waals surface area contributed by atoms with E-state index in [1.165, 1.54) is 32.3 Å². The third kappa shape index (κ3) is 6.38. The van der Waals surface area contributed by atoms with E-state index in [-0.39, 0.29) is 11.0 Å². The number of thioether (sulfide) groups is 1. The summed E-state index contributed by atoms with van der Waals surface area (Å²) in [6.45, 7) is 4.00. The molecule has 7 nitrogen and oxygen atoms in total. The van der Waals surface area contributed by atoms with E-state index in [1.54, 1.807) is 0 Å². The van der Waals surface area contributed by atoms with Gasteiger partial charge in [0.1, 0.15) is 6.04 Å². The molecule has 0 aliphatic carbocycles. The van der Waals surface area contributed by atoms with Crippen molar-refractivity contribution in [1.29, 1.82) is 0 Å². The highest BCUT2D eigenvalue weighted by atomic mass is 32.2. The van der Waals surface area contributed by atoms with Gasteiger partial charge >= 0.3 is 5.97 Å². The van der Waals surface area contributed by atoms with Gasteiger partial charge in [-0.15, -0.1) is 11.8 Å². The van der Waals surface area contributed by atoms with Gasteiger partial charge in [-0.25, -0.2) is 4.79 Å². The van der Waals surface area contributed by atoms with Crippen molar-refractivity contribution in [1.82, 2.24) is 5.48 Å². The molecule has 0 saturated carbocycles. The molecule has 0 aromatic rings. The molecule has 0 aliphatic heterocycles. The Hall–Kier alpha value is -1.38. The molecule has 0 amide bonds. The predicted octanol–water partition coefficient (Wildman–Crippen LogP) is 0.459. The molecular formula is C10H16N3O4S-. The average molecular weight is 274 g/mol. The number of ketones is 1. The van der Waals surface area contributed by atoms with Crippen LogP contribution in [0.4, 0.5) is 0 Å². The Morgan fingerprint density at radius 1 is 1.56 bits per heavy atom. The number of hydroxylamine groups is 1. The van der Waals surface area contributed by atoms with Crippen LogP contribution in [0.25, 0.3) is 5.41 Å². The molecule has 18 heavy (non-hydrogen) atoms. The lowest BCUT2D eigenvalue weighted by atomic mass is 10.1. The normalized spacial score (nSPS) is 13.5. The third-order valence-electron chi connectivity index (χ3n) is 1.85. The fourth-order valence-corrected chi connectivity index (χ4v) is 1.07. The maximum atomic E-state index is 11.3. The Morgan fingerprint density at radius 3 is 2.50 bits per heavy atom. The van der Waals surface area contributed by atoms with Crippen molar-refractivity contribution in [3.8, 4) is 0 Å². The van der Waals surface area contributed by atoms with Crippen molar-refractivity contribution >= 4 is 28.7 Å². The first-order valence-electron chi connectivity index (χ1n) is 4.99. The standard InChI is InChI=1S/C10H16N3O4S/c1-6(14)7(4-5-18-9(11)12)13-17-10(2,3)8(15)16/h4-5,7,13H,1-3H3,(H3-,11,12,15,16)/q-1/b5-4+. The Bertz CT molecular complexity index is 368. The number of aliphatic carboxylic acids is 1. The number of amidine groups is 1. The van der Waals surface area contributed by atoms with Crippen molar-refractivity contribution < 1.29 is 19.5 Å². The van der Waals surface area contributed by atoms with Crippen LogP contribution in [0.15, 0.2) is 11.5 Å². The second kappa shape index (κ2) is 7.14. The second-order valence-electron chi connectivity index (χ2n) is 3.91. The molecule has 1 atom stereocenters. The molecule has 1 unspecified atom stereocenters. The largest absolute Gasteiger partial charge is 0.490 e. The summed E-state index contributed by atoms with van der Waals surface area (Å²) < 4.78 is 0. The molecule has 0 radical (unpaired) electrons. The van der Waals surface area contributed by atoms with E-state index < -0.39 is 17.6 Å². The fourth-order valence-electron chi connectivity index (χ4n) is 0.700. The molecule has 0 bridgehead atoms. The number of carboxylic acids is 1. The molecule has 0 aromatic carbocycles. The number of nitrogens with one attached hydrogen (secondary N) is 1. The highest BCUT2D eigenvalue weighted by Gasteiger charge is 2.29. The van der Waals surface area contributed by atoms with Crippen LogP contribution in [0.5, 0.6) is 0 Å². The molecule has 0 rings (SSSR count). The summed E-state index contributed by atoms with van der Waals surface area (Å²) in [5.74, 6) is -1.44. The summed E-state index contributed by atoms with van der Waals surface area (Å²) in [4.78, 5) is 27.0. The van der Waals surface area contributed by atoms with E-state index in [0.717, 1.165) is 11.8 Å². The third-order valence-corrected chi connectivity index (χ3v) is 2.39. The zero-order valence-electron chi connectivity index (χ0n) is 10.3. The summed E-state index contributed by atoms with van der Waals surface area (Å²) >= 11 is 0.822. The minimum atomic E-state index is -1.46. The quantitative estimate of drug-likeness (QED) is 0.350. The first kappa shape index (κ1) is 16.6. The topological polar surface area (TPSA) is 124 Å². The minimum Gasteiger partial charge on any atom is -0.490 e. The lowest BCUT2D eigenvalue weighted by Crippen LogP contribution is -2.45. The predicted molar refractivity (Wildman–Crippen MR) is 69.7 cm³/mol. The van der Waals surface area contributed by atoms with Crippen LogP contribution < -0.4 is 11.2 Å². The van der Waals surface area contributed by atoms with Crippen LogP contribution >= 0.6 is 11.8 Å². The zero-order valence-corrected chi connectivity index (χ0v) is 11.2. The molecule has 8 heteroatoms. The monoisotopic (exact) mass is 274 g/mol. The molecule has 0 aromatic heterocycles. The van der Waals surface area contributed by atoms with E-state index in [0.29, 0.717) is 0 Å². The smallest absolute Gasteiger partial charge is 0.337 e. The van der Waals surface area contributed by atoms with Crippen molar-refractivity contribution in [3.63, 3.8) is 0 Å². The Balaban J connectivity index is 4.47. The Labute approximate surface area is 109 Å². The Morgan fingerprint density at radius 2 is 2.11 bits per heavy atom. The molecule has 0 aliphatic rings. The number of carbonyl (C=O) groups is 2. The van der Waals surface area contributed by atoms with Gasteiger partial charge in [-0.3, -0.25) is 9.63 Å². The first-order chi connectivity index (χ1) is 8.16. The lowest BCUT2D eigenvalue weighted by Gasteiger charge is -2.22. The van der Waals surface area contributed by atoms with Gasteiger partial charge in [0.05, 0.1) is 0 Å². The van der Waals surface area contributed by atoms with Crippen LogP contribution in [0.3, 0.4) is 0 Å². The van der Waals surface area contributed by atoms with Crippen molar-refractivity contribution in [2.24, 2.45) is 5.73 Å². The van der Waals surface area contributed by atoms with Crippen LogP contribution in [0.1, 0.15) is 20.8 Å². The van der Waals surface area contributed by atoms with E-state index in [9.17, 15) is 9.59 Å². The lowest BCUT2D eigenvalue weighted by molar-refractivity contribution is -0.173. The van der Waals surface area contributed by atoms with E-state index in [4.69, 9.17) is 21.1 Å². The van der Waals surface area contributed by atoms with Gasteiger partial charge in [-0.1, -0.05) is 6.08 Å². The summed E-state index contributed by atoms with van der Waals surface area (Å²) in [5, 5.41) is 18.6. The van der Waals surface area contributed by atoms with Crippen LogP contribution in [-0.2, 0) is 14.4 Å². The summed E-state index contributed by atoms with van der Waals surface area (Å²) in [6, 6.07) is -0.824. The first-order valence-corrected chi connectivity index (χ1v) is 5.87. The maximum absolute atomic E-state index is 11.3. The van der Waals surface area contributed by atoms with Gasteiger partial charge < -0.3 is 16.2 Å². The SMILES string of the molecule is CC(=O)C(/C=C/SC(=[N-])N)NOC(C)(C)C(=O)O. The highest BCUT2D eigenvalue weighted by Crippen LogP contribution is 2.08. The van der Waals surface area contributed by atoms with Crippen molar-refractivity contribution in [2.45, 2.75) is 32.4 Å². The van der Waals surface area contributed by atoms with Gasteiger partial charge in [0, 0.05) is 0 Å². The number of hydrogen-bond donors (Lipinski definition) is 3. The minimum absolute atomic E-state index is 0.274. The zero-order chi connectivity index (χ0) is 14.3. The number of nitrogens with zero attached hydrogens (tertiary/aromatic N) is 1. The van der Waals surface area contributed by atoms with Crippen LogP contribution in [0, 0.1) is 0 Å². The number of hydrogen-bond acceptors (Lipinski definition) is 5. The Kier molecular flexibility index (Phi) is 6.60. The molecule has 0 spiro atoms. The molecule has 4 N–H and O–H groups in total. The molecule has 0 heterocycles. The van der Waals surface area contributed by atoms with Crippen LogP contribution in [0.2, 0.25) is 0 Å². The van der Waals surface area contributed by atoms with Crippen LogP contribution in [-0.4, -0.2) is 33.7 Å². The van der Waals surface area contributed by atoms with E-state index in [2.05, 4.69) is 5.48 Å². The average Bonchev–Trinajstić information content (AvgIpc) is 2.21. The summed E-state index contributed by atoms with van der Waals surface area (Å²) in [6.07, 6.45) is 1.40. The number of Topliss-reactive ketones (excluding diaryl/α,β-unsaturated/α-hetero) is 1.